The molecule has 0 fully saturated rings. The van der Waals surface area contributed by atoms with Crippen molar-refractivity contribution in [3.63, 3.8) is 0 Å². The van der Waals surface area contributed by atoms with Gasteiger partial charge < -0.3 is 14.9 Å². The number of aliphatic hydroxyl groups is 1. The number of nitrogens with zero attached hydrogens (tertiary/aromatic N) is 1. The van der Waals surface area contributed by atoms with Crippen LogP contribution in [0, 0.1) is 12.3 Å². The predicted molar refractivity (Wildman–Crippen MR) is 84.4 cm³/mol. The standard InChI is InChI=1S/C12H9NO.C5H10O3/c1-2-12(14)10-7-9-5-3-4-6-11(9)13-8-10;1-5(2,3)8-4(6)7/h1,3-8,12,14H;1-3H3,(H,6,7). The molecule has 2 rings (SSSR count). The Hall–Kier alpha value is -2.58. The minimum absolute atomic E-state index is 0.578. The highest BCUT2D eigenvalue weighted by Crippen LogP contribution is 2.17. The van der Waals surface area contributed by atoms with E-state index in [0.29, 0.717) is 5.56 Å². The monoisotopic (exact) mass is 301 g/mol. The largest absolute Gasteiger partial charge is 0.506 e. The normalized spacial score (nSPS) is 11.8. The number of fused-ring (bicyclic) bond motifs is 1. The van der Waals surface area contributed by atoms with Crippen LogP contribution in [0.25, 0.3) is 10.9 Å². The average molecular weight is 301 g/mol. The fraction of sp³-hybridized carbons (Fsp3) is 0.294. The first-order valence-electron chi connectivity index (χ1n) is 6.64. The van der Waals surface area contributed by atoms with Crippen LogP contribution in [0.1, 0.15) is 32.4 Å². The van der Waals surface area contributed by atoms with Crippen molar-refractivity contribution in [2.45, 2.75) is 32.5 Å². The molecule has 22 heavy (non-hydrogen) atoms. The summed E-state index contributed by atoms with van der Waals surface area (Å²) in [6, 6.07) is 9.56. The maximum absolute atomic E-state index is 9.79. The first kappa shape index (κ1) is 17.5. The molecule has 1 unspecified atom stereocenters. The van der Waals surface area contributed by atoms with Crippen LogP contribution in [0.15, 0.2) is 36.5 Å². The van der Waals surface area contributed by atoms with E-state index in [0.717, 1.165) is 10.9 Å². The van der Waals surface area contributed by atoms with Crippen LogP contribution in [0.3, 0.4) is 0 Å². The van der Waals surface area contributed by atoms with Gasteiger partial charge in [-0.1, -0.05) is 24.1 Å². The minimum Gasteiger partial charge on any atom is -0.450 e. The Balaban J connectivity index is 0.000000261. The SMILES string of the molecule is C#CC(O)c1cnc2ccccc2c1.CC(C)(C)OC(=O)O. The van der Waals surface area contributed by atoms with Gasteiger partial charge in [-0.2, -0.15) is 0 Å². The first-order chi connectivity index (χ1) is 10.2. The molecule has 0 aliphatic heterocycles. The molecule has 0 aliphatic rings. The smallest absolute Gasteiger partial charge is 0.450 e. The molecule has 0 spiro atoms. The quantitative estimate of drug-likeness (QED) is 0.623. The molecule has 2 N–H and O–H groups in total. The van der Waals surface area contributed by atoms with Gasteiger partial charge in [0.05, 0.1) is 5.52 Å². The van der Waals surface area contributed by atoms with Crippen LogP contribution in [0.4, 0.5) is 4.79 Å². The molecule has 2 aromatic rings. The number of terminal acetylenes is 1. The van der Waals surface area contributed by atoms with Gasteiger partial charge in [-0.05, 0) is 32.9 Å². The summed E-state index contributed by atoms with van der Waals surface area (Å²) in [5.74, 6) is 2.26. The van der Waals surface area contributed by atoms with E-state index in [1.54, 1.807) is 27.0 Å². The molecule has 0 radical (unpaired) electrons. The van der Waals surface area contributed by atoms with Gasteiger partial charge in [-0.3, -0.25) is 4.98 Å². The second-order valence-corrected chi connectivity index (χ2v) is 5.51. The van der Waals surface area contributed by atoms with Gasteiger partial charge in [0.1, 0.15) is 11.7 Å². The molecule has 0 saturated carbocycles. The summed E-state index contributed by atoms with van der Waals surface area (Å²) in [7, 11) is 0. The van der Waals surface area contributed by atoms with Crippen molar-refractivity contribution < 1.29 is 19.7 Å². The summed E-state index contributed by atoms with van der Waals surface area (Å²) in [6.07, 6.45) is 4.63. The van der Waals surface area contributed by atoms with Crippen LogP contribution in [0.2, 0.25) is 0 Å². The number of hydrogen-bond acceptors (Lipinski definition) is 4. The van der Waals surface area contributed by atoms with E-state index in [9.17, 15) is 9.90 Å². The predicted octanol–water partition coefficient (Wildman–Crippen LogP) is 3.38. The fourth-order valence-corrected chi connectivity index (χ4v) is 1.60. The number of carbonyl (C=O) groups is 1. The van der Waals surface area contributed by atoms with Gasteiger partial charge in [0, 0.05) is 17.1 Å². The first-order valence-corrected chi connectivity index (χ1v) is 6.64. The molecular formula is C17H19NO4. The zero-order chi connectivity index (χ0) is 16.8. The van der Waals surface area contributed by atoms with Crippen LogP contribution in [0.5, 0.6) is 0 Å². The van der Waals surface area contributed by atoms with Crippen LogP contribution < -0.4 is 0 Å². The van der Waals surface area contributed by atoms with Gasteiger partial charge in [0.2, 0.25) is 0 Å². The zero-order valence-electron chi connectivity index (χ0n) is 12.8. The third-order valence-corrected chi connectivity index (χ3v) is 2.48. The number of para-hydroxylation sites is 1. The Morgan fingerprint density at radius 2 is 2.00 bits per heavy atom. The number of benzene rings is 1. The van der Waals surface area contributed by atoms with Crippen molar-refractivity contribution >= 4 is 17.1 Å². The highest BCUT2D eigenvalue weighted by Gasteiger charge is 2.14. The Bertz CT molecular complexity index is 683. The summed E-state index contributed by atoms with van der Waals surface area (Å²) < 4.78 is 4.35. The summed E-state index contributed by atoms with van der Waals surface area (Å²) in [6.45, 7) is 5.04. The Morgan fingerprint density at radius 1 is 1.36 bits per heavy atom. The number of ether oxygens (including phenoxy) is 1. The maximum Gasteiger partial charge on any atom is 0.506 e. The molecule has 1 heterocycles. The highest BCUT2D eigenvalue weighted by molar-refractivity contribution is 5.78. The number of aromatic nitrogens is 1. The number of hydrogen-bond donors (Lipinski definition) is 2. The molecular weight excluding hydrogens is 282 g/mol. The highest BCUT2D eigenvalue weighted by atomic mass is 16.7. The lowest BCUT2D eigenvalue weighted by Crippen LogP contribution is -2.22. The van der Waals surface area contributed by atoms with Gasteiger partial charge in [-0.15, -0.1) is 6.42 Å². The average Bonchev–Trinajstić information content (AvgIpc) is 2.44. The molecule has 1 aromatic heterocycles. The number of rotatable bonds is 1. The van der Waals surface area contributed by atoms with E-state index in [4.69, 9.17) is 11.5 Å². The van der Waals surface area contributed by atoms with Gasteiger partial charge in [-0.25, -0.2) is 4.79 Å². The lowest BCUT2D eigenvalue weighted by Gasteiger charge is -2.15. The van der Waals surface area contributed by atoms with E-state index in [-0.39, 0.29) is 0 Å². The summed E-state index contributed by atoms with van der Waals surface area (Å²) in [5, 5.41) is 18.4. The number of pyridine rings is 1. The molecule has 0 aliphatic carbocycles. The van der Waals surface area contributed by atoms with Crippen LogP contribution in [-0.2, 0) is 4.74 Å². The third-order valence-electron chi connectivity index (χ3n) is 2.48. The van der Waals surface area contributed by atoms with Gasteiger partial charge in [0.15, 0.2) is 0 Å². The van der Waals surface area contributed by atoms with Crippen molar-refractivity contribution in [3.05, 3.63) is 42.1 Å². The molecule has 116 valence electrons. The van der Waals surface area contributed by atoms with Crippen molar-refractivity contribution in [1.29, 1.82) is 0 Å². The van der Waals surface area contributed by atoms with Crippen LogP contribution >= 0.6 is 0 Å². The Kier molecular flexibility index (Phi) is 5.90. The van der Waals surface area contributed by atoms with Crippen molar-refractivity contribution in [3.8, 4) is 12.3 Å². The molecule has 0 saturated heterocycles. The molecule has 0 amide bonds. The van der Waals surface area contributed by atoms with E-state index in [1.807, 2.05) is 30.3 Å². The van der Waals surface area contributed by atoms with Crippen molar-refractivity contribution in [1.82, 2.24) is 4.98 Å². The second kappa shape index (κ2) is 7.43. The lowest BCUT2D eigenvalue weighted by molar-refractivity contribution is 0.0150. The van der Waals surface area contributed by atoms with E-state index < -0.39 is 17.9 Å². The molecule has 5 heteroatoms. The molecule has 5 nitrogen and oxygen atoms in total. The Morgan fingerprint density at radius 3 is 2.50 bits per heavy atom. The summed E-state index contributed by atoms with van der Waals surface area (Å²) in [5.41, 5.74) is 0.984. The minimum atomic E-state index is -1.22. The topological polar surface area (TPSA) is 79.7 Å². The van der Waals surface area contributed by atoms with E-state index in [2.05, 4.69) is 15.6 Å². The van der Waals surface area contributed by atoms with Crippen molar-refractivity contribution in [2.24, 2.45) is 0 Å². The van der Waals surface area contributed by atoms with Gasteiger partial charge in [0.25, 0.3) is 0 Å². The second-order valence-electron chi connectivity index (χ2n) is 5.51. The zero-order valence-corrected chi connectivity index (χ0v) is 12.8. The maximum atomic E-state index is 9.79. The lowest BCUT2D eigenvalue weighted by atomic mass is 10.1. The van der Waals surface area contributed by atoms with Crippen LogP contribution in [-0.4, -0.2) is 27.0 Å². The van der Waals surface area contributed by atoms with E-state index in [1.165, 1.54) is 0 Å². The summed E-state index contributed by atoms with van der Waals surface area (Å²) >= 11 is 0. The molecule has 0 bridgehead atoms. The van der Waals surface area contributed by atoms with Crippen molar-refractivity contribution in [2.75, 3.05) is 0 Å². The Labute approximate surface area is 129 Å². The number of carboxylic acid groups (broad SMARTS) is 1. The van der Waals surface area contributed by atoms with Gasteiger partial charge >= 0.3 is 6.16 Å². The molecule has 1 atom stereocenters. The summed E-state index contributed by atoms with van der Waals surface area (Å²) in [4.78, 5) is 14.0. The fourth-order valence-electron chi connectivity index (χ4n) is 1.60. The van der Waals surface area contributed by atoms with E-state index >= 15 is 0 Å². The third kappa shape index (κ3) is 5.81. The molecule has 1 aromatic carbocycles. The number of aliphatic hydroxyl groups excluding tert-OH is 1.